The molecule has 0 aromatic carbocycles. The number of amides is 1. The van der Waals surface area contributed by atoms with Gasteiger partial charge < -0.3 is 10.1 Å². The van der Waals surface area contributed by atoms with Crippen molar-refractivity contribution in [2.45, 2.75) is 32.6 Å². The van der Waals surface area contributed by atoms with Crippen molar-refractivity contribution in [3.05, 3.63) is 0 Å². The van der Waals surface area contributed by atoms with Crippen LogP contribution in [0.25, 0.3) is 0 Å². The number of hydrogen-bond acceptors (Lipinski definition) is 3. The summed E-state index contributed by atoms with van der Waals surface area (Å²) in [5, 5.41) is 3.50. The van der Waals surface area contributed by atoms with Crippen molar-refractivity contribution >= 4 is 23.2 Å². The first-order valence-electron chi connectivity index (χ1n) is 6.15. The molecule has 6 heteroatoms. The number of unbranched alkanes of at least 4 members (excludes halogenated alkanes) is 2. The molecule has 3 N–H and O–H groups in total. The van der Waals surface area contributed by atoms with E-state index in [0.29, 0.717) is 18.3 Å². The van der Waals surface area contributed by atoms with Gasteiger partial charge in [0.2, 0.25) is 5.91 Å². The number of carbonyl (C=O) groups is 1. The van der Waals surface area contributed by atoms with Gasteiger partial charge in [0.05, 0.1) is 12.5 Å². The lowest BCUT2D eigenvalue weighted by Crippen LogP contribution is -2.48. The monoisotopic (exact) mass is 259 g/mol. The topological polar surface area (TPSA) is 62.4 Å². The molecule has 1 aliphatic rings. The second-order valence-corrected chi connectivity index (χ2v) is 4.55. The summed E-state index contributed by atoms with van der Waals surface area (Å²) in [4.78, 5) is 11.6. The van der Waals surface area contributed by atoms with E-state index in [2.05, 4.69) is 23.1 Å². The third-order valence-electron chi connectivity index (χ3n) is 2.67. The van der Waals surface area contributed by atoms with E-state index in [4.69, 9.17) is 17.0 Å². The van der Waals surface area contributed by atoms with Gasteiger partial charge >= 0.3 is 0 Å². The van der Waals surface area contributed by atoms with Crippen LogP contribution in [0, 0.1) is 5.92 Å². The van der Waals surface area contributed by atoms with Crippen LogP contribution < -0.4 is 16.2 Å². The van der Waals surface area contributed by atoms with Crippen molar-refractivity contribution in [3.8, 4) is 0 Å². The van der Waals surface area contributed by atoms with Gasteiger partial charge in [-0.25, -0.2) is 0 Å². The van der Waals surface area contributed by atoms with Gasteiger partial charge in [-0.3, -0.25) is 15.6 Å². The normalized spacial score (nSPS) is 18.8. The van der Waals surface area contributed by atoms with Gasteiger partial charge in [-0.2, -0.15) is 0 Å². The Morgan fingerprint density at radius 3 is 2.88 bits per heavy atom. The lowest BCUT2D eigenvalue weighted by atomic mass is 10.1. The van der Waals surface area contributed by atoms with Crippen molar-refractivity contribution in [2.75, 3.05) is 19.8 Å². The summed E-state index contributed by atoms with van der Waals surface area (Å²) in [5.41, 5.74) is 5.29. The molecule has 0 bridgehead atoms. The lowest BCUT2D eigenvalue weighted by molar-refractivity contribution is -0.125. The number of ether oxygens (including phenoxy) is 1. The molecule has 17 heavy (non-hydrogen) atoms. The molecule has 0 aromatic heterocycles. The summed E-state index contributed by atoms with van der Waals surface area (Å²) in [6.07, 6.45) is 4.23. The van der Waals surface area contributed by atoms with E-state index in [0.717, 1.165) is 19.4 Å². The first-order chi connectivity index (χ1) is 8.24. The molecule has 5 nitrogen and oxygen atoms in total. The van der Waals surface area contributed by atoms with Gasteiger partial charge in [0.1, 0.15) is 0 Å². The van der Waals surface area contributed by atoms with Crippen molar-refractivity contribution in [1.82, 2.24) is 16.2 Å². The maximum absolute atomic E-state index is 11.6. The van der Waals surface area contributed by atoms with E-state index >= 15 is 0 Å². The van der Waals surface area contributed by atoms with Crippen LogP contribution in [0.5, 0.6) is 0 Å². The van der Waals surface area contributed by atoms with Crippen LogP contribution in [0.15, 0.2) is 0 Å². The zero-order valence-electron chi connectivity index (χ0n) is 10.3. The number of thiocarbonyl (C=S) groups is 1. The summed E-state index contributed by atoms with van der Waals surface area (Å²) in [5.74, 6) is -0.106. The Bertz CT molecular complexity index is 255. The Labute approximate surface area is 108 Å². The first-order valence-corrected chi connectivity index (χ1v) is 6.56. The molecule has 1 rings (SSSR count). The van der Waals surface area contributed by atoms with Crippen molar-refractivity contribution in [1.29, 1.82) is 0 Å². The Balaban J connectivity index is 2.04. The zero-order chi connectivity index (χ0) is 12.5. The molecule has 0 aliphatic carbocycles. The van der Waals surface area contributed by atoms with Crippen LogP contribution in [0.3, 0.4) is 0 Å². The fourth-order valence-electron chi connectivity index (χ4n) is 1.58. The van der Waals surface area contributed by atoms with Gasteiger partial charge in [-0.15, -0.1) is 0 Å². The highest BCUT2D eigenvalue weighted by Crippen LogP contribution is 2.11. The minimum atomic E-state index is -0.0554. The van der Waals surface area contributed by atoms with Crippen LogP contribution >= 0.6 is 12.2 Å². The lowest BCUT2D eigenvalue weighted by Gasteiger charge is -2.13. The number of nitrogens with one attached hydrogen (secondary N) is 3. The second-order valence-electron chi connectivity index (χ2n) is 4.14. The highest BCUT2D eigenvalue weighted by atomic mass is 32.1. The minimum Gasteiger partial charge on any atom is -0.381 e. The number of rotatable bonds is 5. The quantitative estimate of drug-likeness (QED) is 0.385. The molecule has 1 saturated heterocycles. The Hall–Kier alpha value is -0.880. The summed E-state index contributed by atoms with van der Waals surface area (Å²) in [6.45, 7) is 4.16. The van der Waals surface area contributed by atoms with Gasteiger partial charge in [-0.05, 0) is 25.1 Å². The van der Waals surface area contributed by atoms with Gasteiger partial charge in [0, 0.05) is 13.2 Å². The molecule has 0 spiro atoms. The largest absolute Gasteiger partial charge is 0.381 e. The van der Waals surface area contributed by atoms with Crippen LogP contribution in [0.2, 0.25) is 0 Å². The molecule has 0 radical (unpaired) electrons. The molecule has 1 unspecified atom stereocenters. The molecule has 1 aliphatic heterocycles. The standard InChI is InChI=1S/C11H21N3O2S/c1-2-3-4-6-12-11(17)14-13-10(15)9-5-7-16-8-9/h9H,2-8H2,1H3,(H,13,15)(H2,12,14,17). The number of hydrogen-bond donors (Lipinski definition) is 3. The maximum atomic E-state index is 11.6. The fourth-order valence-corrected chi connectivity index (χ4v) is 1.74. The Morgan fingerprint density at radius 2 is 2.24 bits per heavy atom. The van der Waals surface area contributed by atoms with Crippen LogP contribution in [0.1, 0.15) is 32.6 Å². The molecule has 1 fully saturated rings. The smallest absolute Gasteiger partial charge is 0.243 e. The van der Waals surface area contributed by atoms with E-state index in [9.17, 15) is 4.79 Å². The van der Waals surface area contributed by atoms with Crippen molar-refractivity contribution < 1.29 is 9.53 Å². The highest BCUT2D eigenvalue weighted by Gasteiger charge is 2.23. The van der Waals surface area contributed by atoms with E-state index < -0.39 is 0 Å². The molecular weight excluding hydrogens is 238 g/mol. The second kappa shape index (κ2) is 8.25. The molecular formula is C11H21N3O2S. The molecule has 0 saturated carbocycles. The third kappa shape index (κ3) is 5.83. The molecule has 98 valence electrons. The highest BCUT2D eigenvalue weighted by molar-refractivity contribution is 7.80. The predicted molar refractivity (Wildman–Crippen MR) is 70.3 cm³/mol. The SMILES string of the molecule is CCCCCNC(=S)NNC(=O)C1CCOC1. The molecule has 1 amide bonds. The fraction of sp³-hybridized carbons (Fsp3) is 0.818. The predicted octanol–water partition coefficient (Wildman–Crippen LogP) is 0.708. The Morgan fingerprint density at radius 1 is 1.41 bits per heavy atom. The molecule has 1 heterocycles. The number of carbonyl (C=O) groups excluding carboxylic acids is 1. The third-order valence-corrected chi connectivity index (χ3v) is 2.91. The van der Waals surface area contributed by atoms with E-state index in [1.807, 2.05) is 0 Å². The van der Waals surface area contributed by atoms with Crippen LogP contribution in [0.4, 0.5) is 0 Å². The molecule has 0 aromatic rings. The molecule has 1 atom stereocenters. The number of hydrazine groups is 1. The first kappa shape index (κ1) is 14.2. The average molecular weight is 259 g/mol. The van der Waals surface area contributed by atoms with Crippen molar-refractivity contribution in [3.63, 3.8) is 0 Å². The Kier molecular flexibility index (Phi) is 6.88. The van der Waals surface area contributed by atoms with E-state index in [-0.39, 0.29) is 11.8 Å². The van der Waals surface area contributed by atoms with Crippen LogP contribution in [-0.4, -0.2) is 30.8 Å². The van der Waals surface area contributed by atoms with Crippen LogP contribution in [-0.2, 0) is 9.53 Å². The summed E-state index contributed by atoms with van der Waals surface area (Å²) < 4.78 is 5.14. The van der Waals surface area contributed by atoms with Gasteiger partial charge in [0.25, 0.3) is 0 Å². The zero-order valence-corrected chi connectivity index (χ0v) is 11.1. The van der Waals surface area contributed by atoms with Gasteiger partial charge in [0.15, 0.2) is 5.11 Å². The summed E-state index contributed by atoms with van der Waals surface area (Å²) >= 11 is 5.03. The van der Waals surface area contributed by atoms with Gasteiger partial charge in [-0.1, -0.05) is 19.8 Å². The van der Waals surface area contributed by atoms with Crippen molar-refractivity contribution in [2.24, 2.45) is 5.92 Å². The summed E-state index contributed by atoms with van der Waals surface area (Å²) in [7, 11) is 0. The average Bonchev–Trinajstić information content (AvgIpc) is 2.85. The minimum absolute atomic E-state index is 0.0506. The van der Waals surface area contributed by atoms with E-state index in [1.54, 1.807) is 0 Å². The van der Waals surface area contributed by atoms with E-state index in [1.165, 1.54) is 12.8 Å². The maximum Gasteiger partial charge on any atom is 0.243 e. The summed E-state index contributed by atoms with van der Waals surface area (Å²) in [6, 6.07) is 0.